The first-order valence-electron chi connectivity index (χ1n) is 14.7. The molecular formula is C34H44N4O2. The fourth-order valence-corrected chi connectivity index (χ4v) is 5.10. The van der Waals surface area contributed by atoms with Crippen molar-refractivity contribution in [3.8, 4) is 16.9 Å². The van der Waals surface area contributed by atoms with E-state index in [4.69, 9.17) is 4.74 Å². The minimum Gasteiger partial charge on any atom is -0.493 e. The van der Waals surface area contributed by atoms with E-state index in [0.29, 0.717) is 18.7 Å². The van der Waals surface area contributed by atoms with Gasteiger partial charge in [0.05, 0.1) is 18.0 Å². The quantitative estimate of drug-likeness (QED) is 0.262. The zero-order chi connectivity index (χ0) is 28.3. The van der Waals surface area contributed by atoms with Gasteiger partial charge in [-0.25, -0.2) is 0 Å². The Morgan fingerprint density at radius 1 is 1.02 bits per heavy atom. The van der Waals surface area contributed by atoms with Crippen LogP contribution in [0.2, 0.25) is 0 Å². The van der Waals surface area contributed by atoms with Crippen LogP contribution in [0.3, 0.4) is 0 Å². The minimum atomic E-state index is -0.0123. The summed E-state index contributed by atoms with van der Waals surface area (Å²) in [5.74, 6) is 0.721. The van der Waals surface area contributed by atoms with Crippen molar-refractivity contribution in [1.29, 1.82) is 0 Å². The number of hydrogen-bond donors (Lipinski definition) is 2. The second kappa shape index (κ2) is 14.6. The summed E-state index contributed by atoms with van der Waals surface area (Å²) in [6.07, 6.45) is 4.87. The van der Waals surface area contributed by atoms with Crippen molar-refractivity contribution in [1.82, 2.24) is 9.88 Å². The van der Waals surface area contributed by atoms with Crippen LogP contribution in [-0.2, 0) is 0 Å². The van der Waals surface area contributed by atoms with Crippen LogP contribution in [0.1, 0.15) is 56.1 Å². The first-order chi connectivity index (χ1) is 19.5. The maximum atomic E-state index is 14.0. The number of aryl methyl sites for hydroxylation is 1. The summed E-state index contributed by atoms with van der Waals surface area (Å²) in [7, 11) is 0. The van der Waals surface area contributed by atoms with Crippen LogP contribution in [0.4, 0.5) is 11.4 Å². The summed E-state index contributed by atoms with van der Waals surface area (Å²) >= 11 is 0. The van der Waals surface area contributed by atoms with E-state index in [1.54, 1.807) is 0 Å². The number of anilines is 2. The normalized spacial score (nSPS) is 14.6. The molecule has 1 aromatic heterocycles. The van der Waals surface area contributed by atoms with E-state index in [1.807, 2.05) is 72.6 Å². The number of hydrogen-bond acceptors (Lipinski definition) is 4. The molecule has 0 radical (unpaired) electrons. The average molecular weight is 541 g/mol. The highest BCUT2D eigenvalue weighted by Gasteiger charge is 2.25. The van der Waals surface area contributed by atoms with Crippen molar-refractivity contribution in [2.24, 2.45) is 0 Å². The molecule has 0 saturated carbocycles. The monoisotopic (exact) mass is 540 g/mol. The van der Waals surface area contributed by atoms with Crippen molar-refractivity contribution in [3.63, 3.8) is 0 Å². The second-order valence-electron chi connectivity index (χ2n) is 10.5. The van der Waals surface area contributed by atoms with Gasteiger partial charge in [-0.15, -0.1) is 0 Å². The molecular weight excluding hydrogens is 496 g/mol. The maximum Gasteiger partial charge on any atom is 0.258 e. The van der Waals surface area contributed by atoms with Gasteiger partial charge in [0.1, 0.15) is 5.75 Å². The number of fused-ring (bicyclic) bond motifs is 1. The summed E-state index contributed by atoms with van der Waals surface area (Å²) < 4.78 is 6.44. The number of nitrogens with zero attached hydrogens (tertiary/aromatic N) is 2. The number of rotatable bonds is 10. The second-order valence-corrected chi connectivity index (χ2v) is 10.5. The molecule has 0 saturated heterocycles. The lowest BCUT2D eigenvalue weighted by Gasteiger charge is -2.23. The Labute approximate surface area is 239 Å². The Balaban J connectivity index is 1.67. The van der Waals surface area contributed by atoms with Gasteiger partial charge in [-0.2, -0.15) is 0 Å². The van der Waals surface area contributed by atoms with Gasteiger partial charge >= 0.3 is 0 Å². The van der Waals surface area contributed by atoms with E-state index in [-0.39, 0.29) is 11.9 Å². The van der Waals surface area contributed by atoms with E-state index in [9.17, 15) is 4.79 Å². The van der Waals surface area contributed by atoms with Crippen LogP contribution >= 0.6 is 0 Å². The van der Waals surface area contributed by atoms with Gasteiger partial charge in [0, 0.05) is 42.1 Å². The molecule has 6 heteroatoms. The summed E-state index contributed by atoms with van der Waals surface area (Å²) in [6, 6.07) is 24.5. The van der Waals surface area contributed by atoms with Crippen LogP contribution in [0.5, 0.6) is 5.75 Å². The predicted molar refractivity (Wildman–Crippen MR) is 167 cm³/mol. The summed E-state index contributed by atoms with van der Waals surface area (Å²) in [5.41, 5.74) is 5.59. The van der Waals surface area contributed by atoms with Crippen molar-refractivity contribution in [2.45, 2.75) is 53.0 Å². The van der Waals surface area contributed by atoms with Gasteiger partial charge in [-0.05, 0) is 94.2 Å². The minimum absolute atomic E-state index is 0.0123. The third kappa shape index (κ3) is 7.66. The molecule has 1 atom stereocenters. The molecule has 4 rings (SSSR count). The average Bonchev–Trinajstić information content (AvgIpc) is 3.05. The Bertz CT molecular complexity index is 1320. The molecule has 40 heavy (non-hydrogen) atoms. The number of para-hydroxylation sites is 2. The Morgan fingerprint density at radius 2 is 1.85 bits per heavy atom. The lowest BCUT2D eigenvalue weighted by Crippen LogP contribution is -2.32. The van der Waals surface area contributed by atoms with Crippen LogP contribution in [0.15, 0.2) is 79.0 Å². The standard InChI is InChI=1S/C34H44N4O2/c1-5-21-37(6-2)22-11-24-40-33-25-29(17-18-30(33)28-12-9-10-20-35-26(3)15-16-28)34(39)38-23-19-27(4)36-31-13-7-8-14-32(31)38/h7-10,12-18,20,25,27,35-36H,5-6,11,19,21-24H2,1-4H3. The summed E-state index contributed by atoms with van der Waals surface area (Å²) in [5, 5.41) is 3.55. The molecule has 2 N–H and O–H groups in total. The van der Waals surface area contributed by atoms with Gasteiger partial charge in [0.25, 0.3) is 5.91 Å². The topological polar surface area (TPSA) is 60.6 Å². The number of nitrogens with one attached hydrogen (secondary N) is 2. The lowest BCUT2D eigenvalue weighted by atomic mass is 10.0. The molecule has 2 heterocycles. The van der Waals surface area contributed by atoms with E-state index in [0.717, 1.165) is 72.8 Å². The van der Waals surface area contributed by atoms with Crippen LogP contribution in [-0.4, -0.2) is 54.6 Å². The maximum absolute atomic E-state index is 14.0. The lowest BCUT2D eigenvalue weighted by molar-refractivity contribution is 0.0986. The van der Waals surface area contributed by atoms with Gasteiger partial charge in [0.2, 0.25) is 0 Å². The molecule has 6 nitrogen and oxygen atoms in total. The molecule has 1 aliphatic heterocycles. The molecule has 1 amide bonds. The Kier molecular flexibility index (Phi) is 10.6. The van der Waals surface area contributed by atoms with E-state index in [2.05, 4.69) is 54.2 Å². The van der Waals surface area contributed by atoms with E-state index < -0.39 is 0 Å². The Hall–Kier alpha value is -3.77. The van der Waals surface area contributed by atoms with Gasteiger partial charge in [-0.1, -0.05) is 44.2 Å². The highest BCUT2D eigenvalue weighted by molar-refractivity contribution is 6.08. The highest BCUT2D eigenvalue weighted by Crippen LogP contribution is 2.34. The molecule has 212 valence electrons. The summed E-state index contributed by atoms with van der Waals surface area (Å²) in [4.78, 5) is 21.6. The molecule has 0 aliphatic carbocycles. The first-order valence-corrected chi connectivity index (χ1v) is 14.7. The third-order valence-corrected chi connectivity index (χ3v) is 7.34. The molecule has 1 unspecified atom stereocenters. The zero-order valence-corrected chi connectivity index (χ0v) is 24.5. The number of ether oxygens (including phenoxy) is 1. The number of aromatic nitrogens is 1. The van der Waals surface area contributed by atoms with E-state index in [1.165, 1.54) is 0 Å². The molecule has 2 aromatic carbocycles. The third-order valence-electron chi connectivity index (χ3n) is 7.34. The number of carbonyl (C=O) groups excluding carboxylic acids is 1. The van der Waals surface area contributed by atoms with Crippen LogP contribution < -0.4 is 15.0 Å². The van der Waals surface area contributed by atoms with Crippen molar-refractivity contribution < 1.29 is 9.53 Å². The van der Waals surface area contributed by atoms with Gasteiger partial charge in [-0.3, -0.25) is 4.79 Å². The van der Waals surface area contributed by atoms with Gasteiger partial charge < -0.3 is 24.8 Å². The Morgan fingerprint density at radius 3 is 2.67 bits per heavy atom. The largest absolute Gasteiger partial charge is 0.493 e. The first kappa shape index (κ1) is 29.2. The van der Waals surface area contributed by atoms with Crippen molar-refractivity contribution in [2.75, 3.05) is 43.0 Å². The fourth-order valence-electron chi connectivity index (χ4n) is 5.10. The van der Waals surface area contributed by atoms with Crippen molar-refractivity contribution >= 4 is 17.3 Å². The fraction of sp³-hybridized carbons (Fsp3) is 0.382. The number of amides is 1. The molecule has 0 fully saturated rings. The number of H-pyrrole nitrogens is 1. The van der Waals surface area contributed by atoms with Crippen LogP contribution in [0.25, 0.3) is 11.1 Å². The molecule has 1 aliphatic rings. The molecule has 0 spiro atoms. The van der Waals surface area contributed by atoms with Crippen LogP contribution in [0, 0.1) is 6.92 Å². The number of benzene rings is 2. The number of aromatic amines is 1. The summed E-state index contributed by atoms with van der Waals surface area (Å²) in [6.45, 7) is 13.0. The smallest absolute Gasteiger partial charge is 0.258 e. The van der Waals surface area contributed by atoms with Crippen molar-refractivity contribution in [3.05, 3.63) is 90.3 Å². The predicted octanol–water partition coefficient (Wildman–Crippen LogP) is 7.47. The molecule has 0 bridgehead atoms. The van der Waals surface area contributed by atoms with E-state index >= 15 is 0 Å². The molecule has 3 aromatic rings. The highest BCUT2D eigenvalue weighted by atomic mass is 16.5. The number of carbonyl (C=O) groups is 1. The van der Waals surface area contributed by atoms with Gasteiger partial charge in [0.15, 0.2) is 0 Å². The zero-order valence-electron chi connectivity index (χ0n) is 24.5. The SMILES string of the molecule is CCCN(CC)CCCOc1cc(C(=O)N2CCC(C)Nc3ccccc32)ccc1-c1cccc[nH]c(C)cc1.